The van der Waals surface area contributed by atoms with Crippen LogP contribution in [0.4, 0.5) is 0 Å². The average molecular weight is 204 g/mol. The van der Waals surface area contributed by atoms with E-state index in [1.54, 1.807) is 6.07 Å². The minimum Gasteiger partial charge on any atom is -0.508 e. The number of hydrogen-bond donors (Lipinski definition) is 1. The van der Waals surface area contributed by atoms with Gasteiger partial charge in [-0.1, -0.05) is 20.8 Å². The summed E-state index contributed by atoms with van der Waals surface area (Å²) in [5.41, 5.74) is 2.68. The summed E-state index contributed by atoms with van der Waals surface area (Å²) in [6.07, 6.45) is 0.764. The van der Waals surface area contributed by atoms with E-state index in [9.17, 15) is 9.90 Å². The van der Waals surface area contributed by atoms with Crippen molar-refractivity contribution in [2.24, 2.45) is 5.92 Å². The summed E-state index contributed by atoms with van der Waals surface area (Å²) >= 11 is 0. The number of fused-ring (bicyclic) bond motifs is 1. The van der Waals surface area contributed by atoms with Gasteiger partial charge in [0, 0.05) is 11.5 Å². The fourth-order valence-corrected chi connectivity index (χ4v) is 2.20. The van der Waals surface area contributed by atoms with Crippen molar-refractivity contribution in [1.29, 1.82) is 0 Å². The van der Waals surface area contributed by atoms with Crippen LogP contribution in [-0.2, 0) is 6.42 Å². The largest absolute Gasteiger partial charge is 0.508 e. The van der Waals surface area contributed by atoms with Gasteiger partial charge in [-0.25, -0.2) is 0 Å². The zero-order valence-electron chi connectivity index (χ0n) is 9.37. The molecule has 0 spiro atoms. The molecular formula is C13H16O2. The van der Waals surface area contributed by atoms with E-state index in [1.807, 2.05) is 26.8 Å². The van der Waals surface area contributed by atoms with Gasteiger partial charge in [0.1, 0.15) is 5.75 Å². The lowest BCUT2D eigenvalue weighted by Crippen LogP contribution is -2.03. The quantitative estimate of drug-likeness (QED) is 0.763. The Labute approximate surface area is 89.9 Å². The molecule has 0 saturated heterocycles. The molecule has 0 aromatic heterocycles. The molecule has 2 rings (SSSR count). The first-order valence-electron chi connectivity index (χ1n) is 5.40. The lowest BCUT2D eigenvalue weighted by molar-refractivity contribution is 0.0946. The van der Waals surface area contributed by atoms with Crippen LogP contribution in [0.5, 0.6) is 5.75 Å². The normalized spacial score (nSPS) is 19.7. The van der Waals surface area contributed by atoms with Gasteiger partial charge in [-0.3, -0.25) is 4.79 Å². The first-order chi connectivity index (χ1) is 7.00. The Morgan fingerprint density at radius 3 is 2.67 bits per heavy atom. The third-order valence-corrected chi connectivity index (χ3v) is 3.11. The SMILES string of the molecule is CC1Cc2cc(O)c(C(C)C)cc2C1=O. The summed E-state index contributed by atoms with van der Waals surface area (Å²) in [5, 5.41) is 9.81. The monoisotopic (exact) mass is 204 g/mol. The van der Waals surface area contributed by atoms with Crippen LogP contribution in [0.25, 0.3) is 0 Å². The Morgan fingerprint density at radius 1 is 1.40 bits per heavy atom. The second kappa shape index (κ2) is 3.37. The number of hydrogen-bond acceptors (Lipinski definition) is 2. The van der Waals surface area contributed by atoms with Gasteiger partial charge in [-0.05, 0) is 35.6 Å². The number of ketones is 1. The summed E-state index contributed by atoms with van der Waals surface area (Å²) in [7, 11) is 0. The van der Waals surface area contributed by atoms with E-state index in [1.165, 1.54) is 0 Å². The van der Waals surface area contributed by atoms with E-state index in [0.29, 0.717) is 5.75 Å². The summed E-state index contributed by atoms with van der Waals surface area (Å²) in [6.45, 7) is 5.98. The number of carbonyl (C=O) groups is 1. The molecule has 2 nitrogen and oxygen atoms in total. The Balaban J connectivity index is 2.55. The fraction of sp³-hybridized carbons (Fsp3) is 0.462. The third-order valence-electron chi connectivity index (χ3n) is 3.11. The molecule has 15 heavy (non-hydrogen) atoms. The van der Waals surface area contributed by atoms with Gasteiger partial charge in [0.15, 0.2) is 5.78 Å². The van der Waals surface area contributed by atoms with Crippen LogP contribution in [0.2, 0.25) is 0 Å². The molecule has 0 bridgehead atoms. The van der Waals surface area contributed by atoms with Crippen molar-refractivity contribution >= 4 is 5.78 Å². The van der Waals surface area contributed by atoms with Crippen molar-refractivity contribution in [1.82, 2.24) is 0 Å². The zero-order chi connectivity index (χ0) is 11.2. The number of aromatic hydroxyl groups is 1. The van der Waals surface area contributed by atoms with Gasteiger partial charge in [0.05, 0.1) is 0 Å². The highest BCUT2D eigenvalue weighted by Gasteiger charge is 2.28. The maximum Gasteiger partial charge on any atom is 0.166 e. The molecule has 1 N–H and O–H groups in total. The highest BCUT2D eigenvalue weighted by atomic mass is 16.3. The molecule has 80 valence electrons. The number of carbonyl (C=O) groups excluding carboxylic acids is 1. The Kier molecular flexibility index (Phi) is 2.29. The van der Waals surface area contributed by atoms with E-state index in [0.717, 1.165) is 23.1 Å². The van der Waals surface area contributed by atoms with Crippen LogP contribution < -0.4 is 0 Å². The second-order valence-corrected chi connectivity index (χ2v) is 4.69. The van der Waals surface area contributed by atoms with Crippen molar-refractivity contribution in [3.05, 3.63) is 28.8 Å². The maximum absolute atomic E-state index is 11.8. The second-order valence-electron chi connectivity index (χ2n) is 4.69. The van der Waals surface area contributed by atoms with Gasteiger partial charge in [0.25, 0.3) is 0 Å². The highest BCUT2D eigenvalue weighted by molar-refractivity contribution is 6.02. The highest BCUT2D eigenvalue weighted by Crippen LogP contribution is 2.34. The number of phenols is 1. The molecule has 1 aliphatic carbocycles. The van der Waals surface area contributed by atoms with E-state index >= 15 is 0 Å². The molecule has 2 heteroatoms. The van der Waals surface area contributed by atoms with E-state index in [2.05, 4.69) is 0 Å². The maximum atomic E-state index is 11.8. The van der Waals surface area contributed by atoms with Crippen molar-refractivity contribution in [3.8, 4) is 5.75 Å². The molecule has 1 aliphatic rings. The lowest BCUT2D eigenvalue weighted by atomic mass is 9.97. The van der Waals surface area contributed by atoms with Crippen molar-refractivity contribution in [2.45, 2.75) is 33.1 Å². The van der Waals surface area contributed by atoms with Crippen molar-refractivity contribution in [3.63, 3.8) is 0 Å². The van der Waals surface area contributed by atoms with Crippen molar-refractivity contribution < 1.29 is 9.90 Å². The molecule has 0 aliphatic heterocycles. The van der Waals surface area contributed by atoms with Crippen LogP contribution >= 0.6 is 0 Å². The van der Waals surface area contributed by atoms with Crippen LogP contribution in [0, 0.1) is 5.92 Å². The molecule has 0 amide bonds. The van der Waals surface area contributed by atoms with E-state index in [4.69, 9.17) is 0 Å². The molecule has 0 fully saturated rings. The number of Topliss-reactive ketones (excluding diaryl/α,β-unsaturated/α-hetero) is 1. The predicted molar refractivity (Wildman–Crippen MR) is 59.4 cm³/mol. The summed E-state index contributed by atoms with van der Waals surface area (Å²) in [6, 6.07) is 3.62. The molecular weight excluding hydrogens is 188 g/mol. The minimum absolute atomic E-state index is 0.0711. The molecule has 0 radical (unpaired) electrons. The molecule has 1 unspecified atom stereocenters. The van der Waals surface area contributed by atoms with E-state index in [-0.39, 0.29) is 17.6 Å². The van der Waals surface area contributed by atoms with Crippen LogP contribution in [0.1, 0.15) is 48.2 Å². The summed E-state index contributed by atoms with van der Waals surface area (Å²) < 4.78 is 0. The minimum atomic E-state index is 0.0711. The first kappa shape index (κ1) is 10.2. The third kappa shape index (κ3) is 1.54. The van der Waals surface area contributed by atoms with Crippen molar-refractivity contribution in [2.75, 3.05) is 0 Å². The molecule has 1 atom stereocenters. The molecule has 0 heterocycles. The Hall–Kier alpha value is -1.31. The first-order valence-corrected chi connectivity index (χ1v) is 5.40. The molecule has 1 aromatic carbocycles. The average Bonchev–Trinajstić information content (AvgIpc) is 2.41. The standard InChI is InChI=1S/C13H16O2/c1-7(2)10-6-11-9(5-12(10)14)4-8(3)13(11)15/h5-8,14H,4H2,1-3H3. The molecule has 0 saturated carbocycles. The van der Waals surface area contributed by atoms with Gasteiger partial charge < -0.3 is 5.11 Å². The van der Waals surface area contributed by atoms with Crippen LogP contribution in [0.3, 0.4) is 0 Å². The molecule has 1 aromatic rings. The Morgan fingerprint density at radius 2 is 2.07 bits per heavy atom. The van der Waals surface area contributed by atoms with Gasteiger partial charge in [-0.2, -0.15) is 0 Å². The zero-order valence-corrected chi connectivity index (χ0v) is 9.37. The van der Waals surface area contributed by atoms with E-state index < -0.39 is 0 Å². The summed E-state index contributed by atoms with van der Waals surface area (Å²) in [4.78, 5) is 11.8. The summed E-state index contributed by atoms with van der Waals surface area (Å²) in [5.74, 6) is 0.860. The predicted octanol–water partition coefficient (Wildman–Crippen LogP) is 2.89. The number of phenolic OH excluding ortho intramolecular Hbond substituents is 1. The smallest absolute Gasteiger partial charge is 0.166 e. The topological polar surface area (TPSA) is 37.3 Å². The lowest BCUT2D eigenvalue weighted by Gasteiger charge is -2.10. The van der Waals surface area contributed by atoms with Gasteiger partial charge in [-0.15, -0.1) is 0 Å². The fourth-order valence-electron chi connectivity index (χ4n) is 2.20. The van der Waals surface area contributed by atoms with Gasteiger partial charge in [0.2, 0.25) is 0 Å². The van der Waals surface area contributed by atoms with Gasteiger partial charge >= 0.3 is 0 Å². The van der Waals surface area contributed by atoms with Crippen LogP contribution in [-0.4, -0.2) is 10.9 Å². The Bertz CT molecular complexity index is 419. The van der Waals surface area contributed by atoms with Crippen LogP contribution in [0.15, 0.2) is 12.1 Å². The number of benzene rings is 1. The number of rotatable bonds is 1.